The van der Waals surface area contributed by atoms with Crippen molar-refractivity contribution in [1.82, 2.24) is 5.32 Å². The van der Waals surface area contributed by atoms with Crippen molar-refractivity contribution in [2.75, 3.05) is 5.32 Å². The summed E-state index contributed by atoms with van der Waals surface area (Å²) in [6.07, 6.45) is -3.55. The van der Waals surface area contributed by atoms with Crippen molar-refractivity contribution in [2.45, 2.75) is 12.7 Å². The number of benzene rings is 2. The van der Waals surface area contributed by atoms with Gasteiger partial charge in [-0.3, -0.25) is 4.79 Å². The Morgan fingerprint density at radius 3 is 2.38 bits per heavy atom. The Morgan fingerprint density at radius 1 is 1.12 bits per heavy atom. The fraction of sp³-hybridized carbons (Fsp3) is 0.111. The van der Waals surface area contributed by atoms with Crippen LogP contribution in [0.15, 0.2) is 60.3 Å². The van der Waals surface area contributed by atoms with Crippen LogP contribution in [0.2, 0.25) is 0 Å². The number of hydrogen-bond acceptors (Lipinski definition) is 3. The van der Waals surface area contributed by atoms with Gasteiger partial charge >= 0.3 is 6.18 Å². The number of anilines is 1. The topological polar surface area (TPSA) is 64.9 Å². The van der Waals surface area contributed by atoms with E-state index in [2.05, 4.69) is 10.6 Å². The van der Waals surface area contributed by atoms with E-state index in [1.807, 2.05) is 0 Å². The van der Waals surface area contributed by atoms with Crippen molar-refractivity contribution in [3.05, 3.63) is 77.2 Å². The van der Waals surface area contributed by atoms with E-state index in [1.165, 1.54) is 36.4 Å². The highest BCUT2D eigenvalue weighted by Crippen LogP contribution is 2.34. The van der Waals surface area contributed by atoms with Crippen LogP contribution in [-0.2, 0) is 17.5 Å². The van der Waals surface area contributed by atoms with Crippen molar-refractivity contribution in [1.29, 1.82) is 5.26 Å². The minimum Gasteiger partial charge on any atom is -0.386 e. The average Bonchev–Trinajstić information content (AvgIpc) is 2.60. The highest BCUT2D eigenvalue weighted by Gasteiger charge is 2.33. The van der Waals surface area contributed by atoms with Crippen LogP contribution >= 0.6 is 0 Å². The van der Waals surface area contributed by atoms with Gasteiger partial charge in [0.2, 0.25) is 0 Å². The first-order valence-corrected chi connectivity index (χ1v) is 7.37. The summed E-state index contributed by atoms with van der Waals surface area (Å²) in [4.78, 5) is 12.1. The zero-order chi connectivity index (χ0) is 19.2. The summed E-state index contributed by atoms with van der Waals surface area (Å²) >= 11 is 0. The standard InChI is InChI=1S/C18H13F4N3O/c19-14-7-5-12(6-8-14)10-24-11-13(9-23)17(26)25-16-4-2-1-3-15(16)18(20,21)22/h1-8,11,24H,10H2,(H,25,26)/b13-11-. The van der Waals surface area contributed by atoms with Gasteiger partial charge in [0, 0.05) is 12.7 Å². The van der Waals surface area contributed by atoms with Crippen molar-refractivity contribution in [3.8, 4) is 6.07 Å². The first-order chi connectivity index (χ1) is 12.3. The number of nitriles is 1. The SMILES string of the molecule is N#C/C(=C/NCc1ccc(F)cc1)C(=O)Nc1ccccc1C(F)(F)F. The second-order valence-corrected chi connectivity index (χ2v) is 5.17. The Balaban J connectivity index is 2.07. The van der Waals surface area contributed by atoms with Gasteiger partial charge < -0.3 is 10.6 Å². The molecule has 0 aromatic heterocycles. The van der Waals surface area contributed by atoms with Crippen molar-refractivity contribution < 1.29 is 22.4 Å². The molecular weight excluding hydrogens is 350 g/mol. The number of carbonyl (C=O) groups is 1. The van der Waals surface area contributed by atoms with Crippen LogP contribution in [0.5, 0.6) is 0 Å². The van der Waals surface area contributed by atoms with E-state index in [4.69, 9.17) is 5.26 Å². The third kappa shape index (κ3) is 5.08. The van der Waals surface area contributed by atoms with Gasteiger partial charge in [-0.15, -0.1) is 0 Å². The van der Waals surface area contributed by atoms with Crippen molar-refractivity contribution in [2.24, 2.45) is 0 Å². The monoisotopic (exact) mass is 363 g/mol. The molecule has 134 valence electrons. The van der Waals surface area contributed by atoms with Gasteiger partial charge in [-0.2, -0.15) is 18.4 Å². The molecule has 2 N–H and O–H groups in total. The first-order valence-electron chi connectivity index (χ1n) is 7.37. The van der Waals surface area contributed by atoms with E-state index < -0.39 is 34.7 Å². The van der Waals surface area contributed by atoms with Crippen LogP contribution in [0, 0.1) is 17.1 Å². The van der Waals surface area contributed by atoms with Crippen LogP contribution in [-0.4, -0.2) is 5.91 Å². The van der Waals surface area contributed by atoms with E-state index in [9.17, 15) is 22.4 Å². The molecule has 0 bridgehead atoms. The fourth-order valence-corrected chi connectivity index (χ4v) is 2.05. The Kier molecular flexibility index (Phi) is 5.96. The third-order valence-electron chi connectivity index (χ3n) is 3.31. The molecule has 0 aliphatic carbocycles. The Labute approximate surface area is 146 Å². The summed E-state index contributed by atoms with van der Waals surface area (Å²) in [6.45, 7) is 0.206. The largest absolute Gasteiger partial charge is 0.418 e. The normalized spacial score (nSPS) is 11.6. The second kappa shape index (κ2) is 8.16. The molecule has 0 spiro atoms. The molecule has 0 unspecified atom stereocenters. The third-order valence-corrected chi connectivity index (χ3v) is 3.31. The Bertz CT molecular complexity index is 852. The molecule has 0 aliphatic rings. The minimum atomic E-state index is -4.64. The van der Waals surface area contributed by atoms with Gasteiger partial charge in [0.25, 0.3) is 5.91 Å². The predicted molar refractivity (Wildman–Crippen MR) is 87.0 cm³/mol. The molecule has 0 fully saturated rings. The van der Waals surface area contributed by atoms with Gasteiger partial charge in [0.15, 0.2) is 0 Å². The molecule has 8 heteroatoms. The minimum absolute atomic E-state index is 0.206. The van der Waals surface area contributed by atoms with Gasteiger partial charge in [-0.25, -0.2) is 4.39 Å². The van der Waals surface area contributed by atoms with E-state index in [0.717, 1.165) is 18.3 Å². The van der Waals surface area contributed by atoms with Crippen LogP contribution in [0.3, 0.4) is 0 Å². The molecule has 0 heterocycles. The van der Waals surface area contributed by atoms with Crippen LogP contribution < -0.4 is 10.6 Å². The van der Waals surface area contributed by atoms with Crippen LogP contribution in [0.4, 0.5) is 23.2 Å². The number of rotatable bonds is 5. The van der Waals surface area contributed by atoms with E-state index in [0.29, 0.717) is 5.56 Å². The summed E-state index contributed by atoms with van der Waals surface area (Å²) in [5.74, 6) is -1.37. The van der Waals surface area contributed by atoms with Gasteiger partial charge in [0.1, 0.15) is 17.5 Å². The number of carbonyl (C=O) groups excluding carboxylic acids is 1. The van der Waals surface area contributed by atoms with E-state index >= 15 is 0 Å². The number of alkyl halides is 3. The molecule has 2 rings (SSSR count). The Hall–Kier alpha value is -3.34. The summed E-state index contributed by atoms with van der Waals surface area (Å²) in [5.41, 5.74) is -1.15. The molecule has 4 nitrogen and oxygen atoms in total. The molecular formula is C18H13F4N3O. The van der Waals surface area contributed by atoms with Crippen LogP contribution in [0.1, 0.15) is 11.1 Å². The number of para-hydroxylation sites is 1. The van der Waals surface area contributed by atoms with Crippen molar-refractivity contribution >= 4 is 11.6 Å². The van der Waals surface area contributed by atoms with Gasteiger partial charge in [-0.1, -0.05) is 24.3 Å². The lowest BCUT2D eigenvalue weighted by Gasteiger charge is -2.13. The number of halogens is 4. The molecule has 0 aliphatic heterocycles. The second-order valence-electron chi connectivity index (χ2n) is 5.17. The first kappa shape index (κ1) is 19.0. The summed E-state index contributed by atoms with van der Waals surface area (Å²) in [7, 11) is 0. The number of amides is 1. The van der Waals surface area contributed by atoms with Crippen LogP contribution in [0.25, 0.3) is 0 Å². The number of hydrogen-bond donors (Lipinski definition) is 2. The molecule has 0 saturated carbocycles. The maximum Gasteiger partial charge on any atom is 0.418 e. The number of nitrogens with zero attached hydrogens (tertiary/aromatic N) is 1. The molecule has 26 heavy (non-hydrogen) atoms. The highest BCUT2D eigenvalue weighted by atomic mass is 19.4. The molecule has 0 atom stereocenters. The smallest absolute Gasteiger partial charge is 0.386 e. The zero-order valence-corrected chi connectivity index (χ0v) is 13.3. The number of nitrogens with one attached hydrogen (secondary N) is 2. The maximum atomic E-state index is 12.9. The predicted octanol–water partition coefficient (Wildman–Crippen LogP) is 3.98. The van der Waals surface area contributed by atoms with Crippen molar-refractivity contribution in [3.63, 3.8) is 0 Å². The highest BCUT2D eigenvalue weighted by molar-refractivity contribution is 6.06. The summed E-state index contributed by atoms with van der Waals surface area (Å²) in [5, 5.41) is 13.8. The molecule has 0 saturated heterocycles. The fourth-order valence-electron chi connectivity index (χ4n) is 2.05. The average molecular weight is 363 g/mol. The zero-order valence-electron chi connectivity index (χ0n) is 13.3. The lowest BCUT2D eigenvalue weighted by atomic mass is 10.1. The van der Waals surface area contributed by atoms with E-state index in [-0.39, 0.29) is 6.54 Å². The maximum absolute atomic E-state index is 12.9. The van der Waals surface area contributed by atoms with Gasteiger partial charge in [0.05, 0.1) is 11.3 Å². The lowest BCUT2D eigenvalue weighted by Crippen LogP contribution is -2.19. The quantitative estimate of drug-likeness (QED) is 0.480. The Morgan fingerprint density at radius 2 is 1.77 bits per heavy atom. The molecule has 2 aromatic rings. The molecule has 0 radical (unpaired) electrons. The van der Waals surface area contributed by atoms with E-state index in [1.54, 1.807) is 6.07 Å². The molecule has 2 aromatic carbocycles. The summed E-state index contributed by atoms with van der Waals surface area (Å²) in [6, 6.07) is 11.6. The summed E-state index contributed by atoms with van der Waals surface area (Å²) < 4.78 is 51.6. The molecule has 1 amide bonds. The lowest BCUT2D eigenvalue weighted by molar-refractivity contribution is -0.137. The van der Waals surface area contributed by atoms with Gasteiger partial charge in [-0.05, 0) is 29.8 Å².